The Morgan fingerprint density at radius 2 is 2.13 bits per heavy atom. The van der Waals surface area contributed by atoms with Gasteiger partial charge in [-0.05, 0) is 19.4 Å². The summed E-state index contributed by atoms with van der Waals surface area (Å²) in [7, 11) is 1.56. The summed E-state index contributed by atoms with van der Waals surface area (Å²) in [5.74, 6) is -1.35. The standard InChI is InChI=1S/C16H21ClN2O4/c1-10(14(23-2)12-5-3-4-6-13(12)17)18-16(22)19-8-7-11(9-19)15(20)21/h3-6,10-11,14H,7-9H2,1-2H3,(H,18,22)(H,20,21). The quantitative estimate of drug-likeness (QED) is 0.863. The minimum absolute atomic E-state index is 0.234. The zero-order chi connectivity index (χ0) is 17.0. The summed E-state index contributed by atoms with van der Waals surface area (Å²) < 4.78 is 5.49. The van der Waals surface area contributed by atoms with Gasteiger partial charge in [-0.25, -0.2) is 4.79 Å². The maximum atomic E-state index is 12.3. The number of aliphatic carboxylic acids is 1. The van der Waals surface area contributed by atoms with Crippen LogP contribution in [0, 0.1) is 5.92 Å². The Morgan fingerprint density at radius 1 is 1.43 bits per heavy atom. The lowest BCUT2D eigenvalue weighted by Crippen LogP contribution is -2.45. The van der Waals surface area contributed by atoms with E-state index in [1.807, 2.05) is 25.1 Å². The number of ether oxygens (including phenoxy) is 1. The maximum Gasteiger partial charge on any atom is 0.317 e. The number of urea groups is 1. The number of nitrogens with one attached hydrogen (secondary N) is 1. The van der Waals surface area contributed by atoms with E-state index in [1.165, 1.54) is 4.90 Å². The molecule has 23 heavy (non-hydrogen) atoms. The maximum absolute atomic E-state index is 12.3. The molecule has 1 fully saturated rings. The molecular formula is C16H21ClN2O4. The molecule has 0 aromatic heterocycles. The molecule has 2 rings (SSSR count). The molecule has 1 aliphatic heterocycles. The van der Waals surface area contributed by atoms with Gasteiger partial charge in [-0.3, -0.25) is 4.79 Å². The number of amides is 2. The van der Waals surface area contributed by atoms with Crippen LogP contribution in [0.3, 0.4) is 0 Å². The van der Waals surface area contributed by atoms with Crippen molar-refractivity contribution in [2.45, 2.75) is 25.5 Å². The molecule has 7 heteroatoms. The molecule has 3 atom stereocenters. The number of rotatable bonds is 5. The van der Waals surface area contributed by atoms with Crippen LogP contribution in [0.2, 0.25) is 5.02 Å². The predicted molar refractivity (Wildman–Crippen MR) is 86.5 cm³/mol. The van der Waals surface area contributed by atoms with Crippen LogP contribution in [-0.4, -0.2) is 48.2 Å². The van der Waals surface area contributed by atoms with Crippen molar-refractivity contribution in [3.8, 4) is 0 Å². The highest BCUT2D eigenvalue weighted by Crippen LogP contribution is 2.28. The molecule has 2 N–H and O–H groups in total. The Balaban J connectivity index is 2.00. The minimum Gasteiger partial charge on any atom is -0.481 e. The smallest absolute Gasteiger partial charge is 0.317 e. The van der Waals surface area contributed by atoms with E-state index in [2.05, 4.69) is 5.32 Å². The van der Waals surface area contributed by atoms with Gasteiger partial charge in [0, 0.05) is 30.8 Å². The third-order valence-electron chi connectivity index (χ3n) is 4.10. The highest BCUT2D eigenvalue weighted by atomic mass is 35.5. The average Bonchev–Trinajstić information content (AvgIpc) is 3.00. The van der Waals surface area contributed by atoms with Crippen molar-refractivity contribution in [3.05, 3.63) is 34.9 Å². The van der Waals surface area contributed by atoms with Crippen LogP contribution < -0.4 is 5.32 Å². The van der Waals surface area contributed by atoms with Crippen molar-refractivity contribution < 1.29 is 19.4 Å². The van der Waals surface area contributed by atoms with Gasteiger partial charge in [0.1, 0.15) is 6.10 Å². The number of carboxylic acid groups (broad SMARTS) is 1. The van der Waals surface area contributed by atoms with E-state index in [9.17, 15) is 9.59 Å². The molecule has 2 amide bonds. The molecule has 0 bridgehead atoms. The molecule has 1 heterocycles. The molecule has 1 aliphatic rings. The van der Waals surface area contributed by atoms with Crippen LogP contribution in [-0.2, 0) is 9.53 Å². The molecule has 1 aromatic rings. The largest absolute Gasteiger partial charge is 0.481 e. The fourth-order valence-electron chi connectivity index (χ4n) is 2.81. The number of methoxy groups -OCH3 is 1. The van der Waals surface area contributed by atoms with E-state index in [1.54, 1.807) is 13.2 Å². The van der Waals surface area contributed by atoms with Gasteiger partial charge >= 0.3 is 12.0 Å². The molecule has 126 valence electrons. The monoisotopic (exact) mass is 340 g/mol. The summed E-state index contributed by atoms with van der Waals surface area (Å²) in [4.78, 5) is 24.8. The number of carboxylic acids is 1. The summed E-state index contributed by atoms with van der Waals surface area (Å²) in [5.41, 5.74) is 0.800. The van der Waals surface area contributed by atoms with Gasteiger partial charge < -0.3 is 20.1 Å². The normalized spacial score (nSPS) is 20.1. The van der Waals surface area contributed by atoms with E-state index >= 15 is 0 Å². The molecule has 6 nitrogen and oxygen atoms in total. The number of likely N-dealkylation sites (tertiary alicyclic amines) is 1. The Bertz CT molecular complexity index is 581. The van der Waals surface area contributed by atoms with Crippen LogP contribution in [0.4, 0.5) is 4.79 Å². The Kier molecular flexibility index (Phi) is 5.85. The van der Waals surface area contributed by atoms with Gasteiger partial charge in [-0.15, -0.1) is 0 Å². The van der Waals surface area contributed by atoms with E-state index in [0.717, 1.165) is 5.56 Å². The van der Waals surface area contributed by atoms with Crippen molar-refractivity contribution in [1.29, 1.82) is 0 Å². The molecule has 0 aliphatic carbocycles. The number of carbonyl (C=O) groups excluding carboxylic acids is 1. The molecule has 0 radical (unpaired) electrons. The van der Waals surface area contributed by atoms with Crippen molar-refractivity contribution in [2.75, 3.05) is 20.2 Å². The Hall–Kier alpha value is -1.79. The zero-order valence-corrected chi connectivity index (χ0v) is 13.9. The van der Waals surface area contributed by atoms with Crippen LogP contribution in [0.25, 0.3) is 0 Å². The predicted octanol–water partition coefficient (Wildman–Crippen LogP) is 2.53. The SMILES string of the molecule is COC(c1ccccc1Cl)C(C)NC(=O)N1CCC(C(=O)O)C1. The van der Waals surface area contributed by atoms with Crippen molar-refractivity contribution >= 4 is 23.6 Å². The Morgan fingerprint density at radius 3 is 2.70 bits per heavy atom. The molecule has 1 aromatic carbocycles. The number of hydrogen-bond acceptors (Lipinski definition) is 3. The lowest BCUT2D eigenvalue weighted by atomic mass is 10.0. The summed E-state index contributed by atoms with van der Waals surface area (Å²) in [5, 5.41) is 12.5. The number of nitrogens with zero attached hydrogens (tertiary/aromatic N) is 1. The van der Waals surface area contributed by atoms with Crippen molar-refractivity contribution in [3.63, 3.8) is 0 Å². The van der Waals surface area contributed by atoms with E-state index in [4.69, 9.17) is 21.4 Å². The lowest BCUT2D eigenvalue weighted by Gasteiger charge is -2.27. The number of halogens is 1. The first-order valence-corrected chi connectivity index (χ1v) is 7.87. The van der Waals surface area contributed by atoms with Crippen LogP contribution in [0.5, 0.6) is 0 Å². The van der Waals surface area contributed by atoms with Crippen molar-refractivity contribution in [2.24, 2.45) is 5.92 Å². The van der Waals surface area contributed by atoms with Gasteiger partial charge in [-0.2, -0.15) is 0 Å². The van der Waals surface area contributed by atoms with Gasteiger partial charge in [0.2, 0.25) is 0 Å². The first kappa shape index (κ1) is 17.6. The molecular weight excluding hydrogens is 320 g/mol. The number of carbonyl (C=O) groups is 2. The lowest BCUT2D eigenvalue weighted by molar-refractivity contribution is -0.141. The van der Waals surface area contributed by atoms with Crippen LogP contribution >= 0.6 is 11.6 Å². The zero-order valence-electron chi connectivity index (χ0n) is 13.2. The van der Waals surface area contributed by atoms with Crippen LogP contribution in [0.1, 0.15) is 25.0 Å². The van der Waals surface area contributed by atoms with Gasteiger partial charge in [-0.1, -0.05) is 29.8 Å². The fraction of sp³-hybridized carbons (Fsp3) is 0.500. The highest BCUT2D eigenvalue weighted by molar-refractivity contribution is 6.31. The number of hydrogen-bond donors (Lipinski definition) is 2. The van der Waals surface area contributed by atoms with E-state index in [-0.39, 0.29) is 24.7 Å². The summed E-state index contributed by atoms with van der Waals surface area (Å²) >= 11 is 6.19. The summed E-state index contributed by atoms with van der Waals surface area (Å²) in [6, 6.07) is 6.73. The Labute approximate surface area is 140 Å². The third-order valence-corrected chi connectivity index (χ3v) is 4.44. The van der Waals surface area contributed by atoms with Crippen molar-refractivity contribution in [1.82, 2.24) is 10.2 Å². The second-order valence-corrected chi connectivity index (χ2v) is 6.09. The topological polar surface area (TPSA) is 78.9 Å². The van der Waals surface area contributed by atoms with E-state index in [0.29, 0.717) is 18.0 Å². The second kappa shape index (κ2) is 7.66. The molecule has 0 spiro atoms. The molecule has 1 saturated heterocycles. The summed E-state index contributed by atoms with van der Waals surface area (Å²) in [6.45, 7) is 2.51. The first-order chi connectivity index (χ1) is 10.9. The van der Waals surface area contributed by atoms with Crippen LogP contribution in [0.15, 0.2) is 24.3 Å². The fourth-order valence-corrected chi connectivity index (χ4v) is 3.06. The highest BCUT2D eigenvalue weighted by Gasteiger charge is 2.32. The van der Waals surface area contributed by atoms with Gasteiger partial charge in [0.05, 0.1) is 12.0 Å². The van der Waals surface area contributed by atoms with Gasteiger partial charge in [0.25, 0.3) is 0 Å². The van der Waals surface area contributed by atoms with E-state index < -0.39 is 11.9 Å². The molecule has 3 unspecified atom stereocenters. The summed E-state index contributed by atoms with van der Waals surface area (Å²) in [6.07, 6.45) is 0.0977. The first-order valence-electron chi connectivity index (χ1n) is 7.49. The third kappa shape index (κ3) is 4.14. The minimum atomic E-state index is -0.862. The molecule has 0 saturated carbocycles. The second-order valence-electron chi connectivity index (χ2n) is 5.69. The van der Waals surface area contributed by atoms with Gasteiger partial charge in [0.15, 0.2) is 0 Å². The number of benzene rings is 1. The average molecular weight is 341 g/mol.